The number of hydrogen-bond donors (Lipinski definition) is 1. The van der Waals surface area contributed by atoms with Crippen LogP contribution in [-0.2, 0) is 0 Å². The van der Waals surface area contributed by atoms with Crippen molar-refractivity contribution in [2.45, 2.75) is 34.3 Å². The van der Waals surface area contributed by atoms with Crippen LogP contribution in [0.4, 0.5) is 8.78 Å². The molecule has 0 aliphatic heterocycles. The maximum absolute atomic E-state index is 12.5. The molecule has 6 heteroatoms. The minimum absolute atomic E-state index is 0.122. The Balaban J connectivity index is 3.00. The first-order valence-corrected chi connectivity index (χ1v) is 7.09. The standard InChI is InChI=1S/C16H24F2N2O2/c1-10-6-12(7-11(2)13(10)22-15(17)18)14(21)20(5)9-16(3,4)8-19/h6-7,15H,8-9,19H2,1-5H3. The van der Waals surface area contributed by atoms with Crippen molar-refractivity contribution in [1.29, 1.82) is 0 Å². The molecular weight excluding hydrogens is 290 g/mol. The minimum atomic E-state index is -2.88. The van der Waals surface area contributed by atoms with Crippen molar-refractivity contribution in [3.05, 3.63) is 28.8 Å². The van der Waals surface area contributed by atoms with Crippen molar-refractivity contribution in [2.24, 2.45) is 11.1 Å². The Kier molecular flexibility index (Phi) is 5.88. The molecule has 0 fully saturated rings. The monoisotopic (exact) mass is 314 g/mol. The molecule has 4 nitrogen and oxygen atoms in total. The molecule has 0 unspecified atom stereocenters. The van der Waals surface area contributed by atoms with Crippen LogP contribution in [0.5, 0.6) is 5.75 Å². The van der Waals surface area contributed by atoms with Crippen molar-refractivity contribution < 1.29 is 18.3 Å². The molecule has 0 bridgehead atoms. The molecule has 0 heterocycles. The molecule has 1 aromatic carbocycles. The van der Waals surface area contributed by atoms with E-state index in [0.29, 0.717) is 29.8 Å². The first-order valence-electron chi connectivity index (χ1n) is 7.09. The fourth-order valence-electron chi connectivity index (χ4n) is 2.35. The Labute approximate surface area is 130 Å². The number of carbonyl (C=O) groups excluding carboxylic acids is 1. The Bertz CT molecular complexity index is 522. The number of benzene rings is 1. The molecular formula is C16H24F2N2O2. The maximum atomic E-state index is 12.5. The smallest absolute Gasteiger partial charge is 0.387 e. The predicted molar refractivity (Wildman–Crippen MR) is 82.3 cm³/mol. The average Bonchev–Trinajstić information content (AvgIpc) is 2.41. The van der Waals surface area contributed by atoms with E-state index in [4.69, 9.17) is 5.73 Å². The van der Waals surface area contributed by atoms with Crippen LogP contribution in [0.2, 0.25) is 0 Å². The Morgan fingerprint density at radius 3 is 2.23 bits per heavy atom. The largest absolute Gasteiger partial charge is 0.434 e. The highest BCUT2D eigenvalue weighted by Crippen LogP contribution is 2.27. The highest BCUT2D eigenvalue weighted by molar-refractivity contribution is 5.94. The molecule has 124 valence electrons. The summed E-state index contributed by atoms with van der Waals surface area (Å²) in [5.74, 6) is -0.0483. The van der Waals surface area contributed by atoms with Crippen LogP contribution >= 0.6 is 0 Å². The first kappa shape index (κ1) is 18.4. The van der Waals surface area contributed by atoms with Crippen molar-refractivity contribution in [3.8, 4) is 5.75 Å². The molecule has 2 N–H and O–H groups in total. The first-order chi connectivity index (χ1) is 10.1. The number of nitrogens with zero attached hydrogens (tertiary/aromatic N) is 1. The Hall–Kier alpha value is -1.69. The summed E-state index contributed by atoms with van der Waals surface area (Å²) >= 11 is 0. The van der Waals surface area contributed by atoms with Gasteiger partial charge in [-0.1, -0.05) is 13.8 Å². The lowest BCUT2D eigenvalue weighted by molar-refractivity contribution is -0.0507. The van der Waals surface area contributed by atoms with Crippen LogP contribution in [0, 0.1) is 19.3 Å². The zero-order valence-corrected chi connectivity index (χ0v) is 13.7. The SMILES string of the molecule is Cc1cc(C(=O)N(C)CC(C)(C)CN)cc(C)c1OC(F)F. The van der Waals surface area contributed by atoms with E-state index in [2.05, 4.69) is 4.74 Å². The second kappa shape index (κ2) is 7.05. The van der Waals surface area contributed by atoms with Gasteiger partial charge in [-0.3, -0.25) is 4.79 Å². The van der Waals surface area contributed by atoms with Gasteiger partial charge in [0.15, 0.2) is 0 Å². The van der Waals surface area contributed by atoms with Crippen molar-refractivity contribution >= 4 is 5.91 Å². The topological polar surface area (TPSA) is 55.6 Å². The normalized spacial score (nSPS) is 11.7. The molecule has 0 saturated carbocycles. The average molecular weight is 314 g/mol. The van der Waals surface area contributed by atoms with Crippen LogP contribution in [0.1, 0.15) is 35.3 Å². The van der Waals surface area contributed by atoms with Crippen LogP contribution in [-0.4, -0.2) is 37.6 Å². The molecule has 0 aliphatic carbocycles. The summed E-state index contributed by atoms with van der Waals surface area (Å²) < 4.78 is 29.3. The van der Waals surface area contributed by atoms with Gasteiger partial charge in [-0.2, -0.15) is 8.78 Å². The van der Waals surface area contributed by atoms with E-state index in [1.165, 1.54) is 0 Å². The molecule has 1 amide bonds. The molecule has 0 atom stereocenters. The molecule has 0 aliphatic rings. The number of amides is 1. The van der Waals surface area contributed by atoms with Crippen molar-refractivity contribution in [1.82, 2.24) is 4.90 Å². The molecule has 22 heavy (non-hydrogen) atoms. The van der Waals surface area contributed by atoms with E-state index in [1.54, 1.807) is 37.9 Å². The number of rotatable bonds is 6. The third kappa shape index (κ3) is 4.66. The van der Waals surface area contributed by atoms with E-state index >= 15 is 0 Å². The fourth-order valence-corrected chi connectivity index (χ4v) is 2.35. The molecule has 0 radical (unpaired) electrons. The zero-order valence-electron chi connectivity index (χ0n) is 13.7. The van der Waals surface area contributed by atoms with Gasteiger partial charge in [-0.05, 0) is 49.1 Å². The number of carbonyl (C=O) groups is 1. The van der Waals surface area contributed by atoms with E-state index in [9.17, 15) is 13.6 Å². The lowest BCUT2D eigenvalue weighted by atomic mass is 9.93. The third-order valence-corrected chi connectivity index (χ3v) is 3.48. The van der Waals surface area contributed by atoms with Gasteiger partial charge in [0.25, 0.3) is 5.91 Å². The summed E-state index contributed by atoms with van der Waals surface area (Å²) in [5, 5.41) is 0. The summed E-state index contributed by atoms with van der Waals surface area (Å²) in [7, 11) is 1.70. The van der Waals surface area contributed by atoms with Gasteiger partial charge < -0.3 is 15.4 Å². The summed E-state index contributed by atoms with van der Waals surface area (Å²) in [6.07, 6.45) is 0. The number of ether oxygens (including phenoxy) is 1. The van der Waals surface area contributed by atoms with Crippen molar-refractivity contribution in [2.75, 3.05) is 20.1 Å². The van der Waals surface area contributed by atoms with Crippen LogP contribution < -0.4 is 10.5 Å². The van der Waals surface area contributed by atoms with Crippen molar-refractivity contribution in [3.63, 3.8) is 0 Å². The minimum Gasteiger partial charge on any atom is -0.434 e. The van der Waals surface area contributed by atoms with E-state index < -0.39 is 6.61 Å². The van der Waals surface area contributed by atoms with E-state index in [0.717, 1.165) is 0 Å². The van der Waals surface area contributed by atoms with Gasteiger partial charge in [0.2, 0.25) is 0 Å². The molecule has 0 aromatic heterocycles. The van der Waals surface area contributed by atoms with Gasteiger partial charge >= 0.3 is 6.61 Å². The molecule has 0 saturated heterocycles. The lowest BCUT2D eigenvalue weighted by Crippen LogP contribution is -2.39. The highest BCUT2D eigenvalue weighted by Gasteiger charge is 2.23. The van der Waals surface area contributed by atoms with Gasteiger partial charge in [-0.15, -0.1) is 0 Å². The zero-order chi connectivity index (χ0) is 17.1. The van der Waals surface area contributed by atoms with Crippen LogP contribution in [0.15, 0.2) is 12.1 Å². The second-order valence-corrected chi connectivity index (χ2v) is 6.35. The maximum Gasteiger partial charge on any atom is 0.387 e. The highest BCUT2D eigenvalue weighted by atomic mass is 19.3. The summed E-state index contributed by atoms with van der Waals surface area (Å²) in [4.78, 5) is 14.1. The van der Waals surface area contributed by atoms with Crippen LogP contribution in [0.25, 0.3) is 0 Å². The van der Waals surface area contributed by atoms with Gasteiger partial charge in [0, 0.05) is 19.2 Å². The number of hydrogen-bond acceptors (Lipinski definition) is 3. The fraction of sp³-hybridized carbons (Fsp3) is 0.562. The summed E-state index contributed by atoms with van der Waals surface area (Å²) in [6.45, 7) is 5.34. The summed E-state index contributed by atoms with van der Waals surface area (Å²) in [5.41, 5.74) is 6.96. The number of aryl methyl sites for hydroxylation is 2. The Morgan fingerprint density at radius 1 is 1.32 bits per heavy atom. The molecule has 0 spiro atoms. The predicted octanol–water partition coefficient (Wildman–Crippen LogP) is 2.96. The molecule has 1 aromatic rings. The number of halogens is 2. The van der Waals surface area contributed by atoms with Gasteiger partial charge in [0.05, 0.1) is 0 Å². The summed E-state index contributed by atoms with van der Waals surface area (Å²) in [6, 6.07) is 3.14. The van der Waals surface area contributed by atoms with E-state index in [1.807, 2.05) is 13.8 Å². The second-order valence-electron chi connectivity index (χ2n) is 6.35. The quantitative estimate of drug-likeness (QED) is 0.878. The van der Waals surface area contributed by atoms with Crippen LogP contribution in [0.3, 0.4) is 0 Å². The third-order valence-electron chi connectivity index (χ3n) is 3.48. The number of alkyl halides is 2. The number of nitrogens with two attached hydrogens (primary N) is 1. The van der Waals surface area contributed by atoms with Gasteiger partial charge in [-0.25, -0.2) is 0 Å². The lowest BCUT2D eigenvalue weighted by Gasteiger charge is -2.29. The van der Waals surface area contributed by atoms with E-state index in [-0.39, 0.29) is 17.1 Å². The molecule has 1 rings (SSSR count). The van der Waals surface area contributed by atoms with Gasteiger partial charge in [0.1, 0.15) is 5.75 Å². The Morgan fingerprint density at radius 2 is 1.82 bits per heavy atom.